The lowest BCUT2D eigenvalue weighted by molar-refractivity contribution is 0.200. The van der Waals surface area contributed by atoms with Crippen LogP contribution in [-0.4, -0.2) is 11.2 Å². The molecule has 1 aliphatic carbocycles. The predicted octanol–water partition coefficient (Wildman–Crippen LogP) is 4.11. The van der Waals surface area contributed by atoms with Crippen LogP contribution in [0.4, 0.5) is 0 Å². The molecule has 0 saturated carbocycles. The van der Waals surface area contributed by atoms with Crippen LogP contribution in [-0.2, 0) is 0 Å². The smallest absolute Gasteiger partial charge is 0.0937 e. The van der Waals surface area contributed by atoms with E-state index in [0.717, 1.165) is 5.57 Å². The maximum absolute atomic E-state index is 10.1. The fourth-order valence-corrected chi connectivity index (χ4v) is 2.30. The van der Waals surface area contributed by atoms with Crippen LogP contribution in [0, 0.1) is 16.2 Å². The molecule has 0 fully saturated rings. The highest BCUT2D eigenvalue weighted by Gasteiger charge is 2.40. The summed E-state index contributed by atoms with van der Waals surface area (Å²) < 4.78 is 0. The third-order valence-corrected chi connectivity index (χ3v) is 3.77. The molecule has 1 N–H and O–H groups in total. The van der Waals surface area contributed by atoms with Gasteiger partial charge in [0.05, 0.1) is 6.10 Å². The van der Waals surface area contributed by atoms with Crippen molar-refractivity contribution in [3.8, 4) is 0 Å². The topological polar surface area (TPSA) is 20.2 Å². The van der Waals surface area contributed by atoms with Crippen LogP contribution in [0.3, 0.4) is 0 Å². The van der Waals surface area contributed by atoms with Gasteiger partial charge >= 0.3 is 0 Å². The van der Waals surface area contributed by atoms with Gasteiger partial charge in [-0.1, -0.05) is 65.8 Å². The fourth-order valence-electron chi connectivity index (χ4n) is 2.30. The van der Waals surface area contributed by atoms with Gasteiger partial charge < -0.3 is 5.11 Å². The molecule has 0 aromatic rings. The van der Waals surface area contributed by atoms with Crippen molar-refractivity contribution in [2.45, 2.75) is 47.6 Å². The Balaban J connectivity index is 3.34. The van der Waals surface area contributed by atoms with E-state index >= 15 is 0 Å². The standard InChI is InChI=1S/C16H26O/c1-8-16(15(5,6)7)10-9-13(17)12(11-16)14(2,3)4/h8-11,13,17H,1H2,2-7H3. The Morgan fingerprint density at radius 3 is 2.12 bits per heavy atom. The molecule has 0 saturated heterocycles. The molecule has 2 unspecified atom stereocenters. The van der Waals surface area contributed by atoms with Gasteiger partial charge in [-0.2, -0.15) is 0 Å². The summed E-state index contributed by atoms with van der Waals surface area (Å²) in [5, 5.41) is 10.1. The Morgan fingerprint density at radius 2 is 1.76 bits per heavy atom. The third-order valence-electron chi connectivity index (χ3n) is 3.77. The lowest BCUT2D eigenvalue weighted by Gasteiger charge is -2.43. The molecule has 2 atom stereocenters. The average Bonchev–Trinajstić information content (AvgIpc) is 2.15. The molecule has 0 amide bonds. The van der Waals surface area contributed by atoms with Gasteiger partial charge in [0.25, 0.3) is 0 Å². The molecule has 0 bridgehead atoms. The number of hydrogen-bond acceptors (Lipinski definition) is 1. The molecule has 0 spiro atoms. The van der Waals surface area contributed by atoms with E-state index in [-0.39, 0.29) is 16.2 Å². The molecule has 1 rings (SSSR count). The second-order valence-corrected chi connectivity index (χ2v) is 7.04. The summed E-state index contributed by atoms with van der Waals surface area (Å²) in [5.74, 6) is 0. The van der Waals surface area contributed by atoms with Crippen molar-refractivity contribution in [1.29, 1.82) is 0 Å². The SMILES string of the molecule is C=CC1(C(C)(C)C)C=CC(O)C(C(C)(C)C)=C1. The Labute approximate surface area is 106 Å². The van der Waals surface area contributed by atoms with Gasteiger partial charge in [0.2, 0.25) is 0 Å². The lowest BCUT2D eigenvalue weighted by atomic mass is 9.62. The first-order valence-corrected chi connectivity index (χ1v) is 6.28. The number of rotatable bonds is 1. The van der Waals surface area contributed by atoms with E-state index in [1.54, 1.807) is 0 Å². The van der Waals surface area contributed by atoms with Gasteiger partial charge in [-0.25, -0.2) is 0 Å². The van der Waals surface area contributed by atoms with Crippen LogP contribution in [0.5, 0.6) is 0 Å². The minimum Gasteiger partial charge on any atom is -0.385 e. The van der Waals surface area contributed by atoms with Crippen molar-refractivity contribution in [3.05, 3.63) is 36.5 Å². The Bertz CT molecular complexity index is 360. The van der Waals surface area contributed by atoms with Gasteiger partial charge in [0.15, 0.2) is 0 Å². The highest BCUT2D eigenvalue weighted by atomic mass is 16.3. The van der Waals surface area contributed by atoms with E-state index in [1.807, 2.05) is 12.2 Å². The highest BCUT2D eigenvalue weighted by molar-refractivity contribution is 5.37. The molecule has 1 nitrogen and oxygen atoms in total. The summed E-state index contributed by atoms with van der Waals surface area (Å²) in [6.45, 7) is 17.0. The first-order chi connectivity index (χ1) is 7.53. The summed E-state index contributed by atoms with van der Waals surface area (Å²) in [5.41, 5.74) is 0.940. The molecule has 0 aromatic carbocycles. The largest absolute Gasteiger partial charge is 0.385 e. The van der Waals surface area contributed by atoms with Gasteiger partial charge in [-0.3, -0.25) is 0 Å². The van der Waals surface area contributed by atoms with Crippen molar-refractivity contribution in [2.24, 2.45) is 16.2 Å². The van der Waals surface area contributed by atoms with Gasteiger partial charge in [-0.05, 0) is 16.4 Å². The molecule has 0 radical (unpaired) electrons. The van der Waals surface area contributed by atoms with E-state index in [4.69, 9.17) is 0 Å². The van der Waals surface area contributed by atoms with Crippen LogP contribution < -0.4 is 0 Å². The Morgan fingerprint density at radius 1 is 1.24 bits per heavy atom. The summed E-state index contributed by atoms with van der Waals surface area (Å²) in [6, 6.07) is 0. The van der Waals surface area contributed by atoms with E-state index in [2.05, 4.69) is 60.3 Å². The molecule has 0 heterocycles. The molecule has 1 heteroatoms. The number of allylic oxidation sites excluding steroid dienone is 3. The van der Waals surface area contributed by atoms with Gasteiger partial charge in [0, 0.05) is 5.41 Å². The second-order valence-electron chi connectivity index (χ2n) is 7.04. The van der Waals surface area contributed by atoms with Crippen molar-refractivity contribution in [2.75, 3.05) is 0 Å². The number of aliphatic hydroxyl groups is 1. The maximum Gasteiger partial charge on any atom is 0.0937 e. The monoisotopic (exact) mass is 234 g/mol. The first-order valence-electron chi connectivity index (χ1n) is 6.28. The van der Waals surface area contributed by atoms with E-state index in [9.17, 15) is 5.11 Å². The summed E-state index contributed by atoms with van der Waals surface area (Å²) in [4.78, 5) is 0. The van der Waals surface area contributed by atoms with Gasteiger partial charge in [0.1, 0.15) is 0 Å². The molecule has 0 aliphatic heterocycles. The zero-order valence-electron chi connectivity index (χ0n) is 12.0. The molecule has 17 heavy (non-hydrogen) atoms. The number of aliphatic hydroxyl groups excluding tert-OH is 1. The second kappa shape index (κ2) is 4.13. The maximum atomic E-state index is 10.1. The zero-order valence-corrected chi connectivity index (χ0v) is 12.0. The van der Waals surface area contributed by atoms with Crippen molar-refractivity contribution >= 4 is 0 Å². The van der Waals surface area contributed by atoms with Crippen LogP contribution in [0.15, 0.2) is 36.5 Å². The van der Waals surface area contributed by atoms with Crippen LogP contribution in [0.2, 0.25) is 0 Å². The van der Waals surface area contributed by atoms with Crippen molar-refractivity contribution in [1.82, 2.24) is 0 Å². The average molecular weight is 234 g/mol. The lowest BCUT2D eigenvalue weighted by Crippen LogP contribution is -2.36. The normalized spacial score (nSPS) is 30.1. The molecule has 96 valence electrons. The number of hydrogen-bond donors (Lipinski definition) is 1. The molecular formula is C16H26O. The first kappa shape index (κ1) is 14.2. The zero-order chi connectivity index (χ0) is 13.5. The molecular weight excluding hydrogens is 208 g/mol. The Kier molecular flexibility index (Phi) is 3.46. The van der Waals surface area contributed by atoms with Crippen molar-refractivity contribution in [3.63, 3.8) is 0 Å². The van der Waals surface area contributed by atoms with Crippen molar-refractivity contribution < 1.29 is 5.11 Å². The third kappa shape index (κ3) is 2.55. The Hall–Kier alpha value is -0.820. The van der Waals surface area contributed by atoms with E-state index in [1.165, 1.54) is 0 Å². The molecule has 0 aromatic heterocycles. The van der Waals surface area contributed by atoms with Crippen LogP contribution >= 0.6 is 0 Å². The summed E-state index contributed by atoms with van der Waals surface area (Å²) in [6.07, 6.45) is 7.70. The van der Waals surface area contributed by atoms with Crippen LogP contribution in [0.25, 0.3) is 0 Å². The highest BCUT2D eigenvalue weighted by Crippen LogP contribution is 2.48. The summed E-state index contributed by atoms with van der Waals surface area (Å²) >= 11 is 0. The summed E-state index contributed by atoms with van der Waals surface area (Å²) in [7, 11) is 0. The quantitative estimate of drug-likeness (QED) is 0.677. The predicted molar refractivity (Wildman–Crippen MR) is 74.8 cm³/mol. The van der Waals surface area contributed by atoms with E-state index < -0.39 is 6.10 Å². The molecule has 1 aliphatic rings. The van der Waals surface area contributed by atoms with Gasteiger partial charge in [-0.15, -0.1) is 6.58 Å². The minimum absolute atomic E-state index is 0.0241. The van der Waals surface area contributed by atoms with Crippen LogP contribution in [0.1, 0.15) is 41.5 Å². The van der Waals surface area contributed by atoms with E-state index in [0.29, 0.717) is 0 Å². The minimum atomic E-state index is -0.467. The fraction of sp³-hybridized carbons (Fsp3) is 0.625.